The van der Waals surface area contributed by atoms with E-state index in [2.05, 4.69) is 10.6 Å². The fraction of sp³-hybridized carbons (Fsp3) is 0.286. The summed E-state index contributed by atoms with van der Waals surface area (Å²) in [6, 6.07) is 9.94. The van der Waals surface area contributed by atoms with E-state index < -0.39 is 22.0 Å². The molecule has 0 aliphatic carbocycles. The molecule has 2 N–H and O–H groups in total. The number of sulfonamides is 1. The highest BCUT2D eigenvalue weighted by Crippen LogP contribution is 2.30. The molecule has 0 radical (unpaired) electrons. The van der Waals surface area contributed by atoms with Gasteiger partial charge in [-0.2, -0.15) is 0 Å². The van der Waals surface area contributed by atoms with Gasteiger partial charge >= 0.3 is 0 Å². The molecule has 9 nitrogen and oxygen atoms in total. The minimum absolute atomic E-state index is 0.00467. The van der Waals surface area contributed by atoms with E-state index >= 15 is 0 Å². The van der Waals surface area contributed by atoms with Crippen LogP contribution in [0, 0.1) is 0 Å². The molecule has 3 amide bonds. The molecule has 2 heterocycles. The van der Waals surface area contributed by atoms with Crippen molar-refractivity contribution in [2.75, 3.05) is 31.3 Å². The van der Waals surface area contributed by atoms with E-state index in [1.165, 1.54) is 44.4 Å². The second-order valence-electron chi connectivity index (χ2n) is 7.68. The van der Waals surface area contributed by atoms with E-state index in [0.717, 1.165) is 10.7 Å². The van der Waals surface area contributed by atoms with Crippen LogP contribution in [0.25, 0.3) is 0 Å². The van der Waals surface area contributed by atoms with Crippen LogP contribution < -0.4 is 10.6 Å². The number of benzene rings is 2. The summed E-state index contributed by atoms with van der Waals surface area (Å²) in [4.78, 5) is 39.6. The Morgan fingerprint density at radius 3 is 2.68 bits per heavy atom. The Kier molecular flexibility index (Phi) is 5.28. The van der Waals surface area contributed by atoms with Crippen molar-refractivity contribution in [2.24, 2.45) is 0 Å². The first kappa shape index (κ1) is 21.0. The Labute approximate surface area is 180 Å². The van der Waals surface area contributed by atoms with Crippen LogP contribution in [0.15, 0.2) is 47.4 Å². The second-order valence-corrected chi connectivity index (χ2v) is 9.83. The first-order valence-electron chi connectivity index (χ1n) is 9.78. The van der Waals surface area contributed by atoms with Gasteiger partial charge in [-0.25, -0.2) is 12.7 Å². The van der Waals surface area contributed by atoms with Gasteiger partial charge in [0.15, 0.2) is 0 Å². The molecule has 1 atom stereocenters. The number of carbonyl (C=O) groups is 3. The molecule has 1 fully saturated rings. The fourth-order valence-electron chi connectivity index (χ4n) is 3.77. The van der Waals surface area contributed by atoms with Gasteiger partial charge in [0, 0.05) is 31.9 Å². The van der Waals surface area contributed by atoms with Crippen LogP contribution in [-0.4, -0.2) is 62.0 Å². The summed E-state index contributed by atoms with van der Waals surface area (Å²) >= 11 is 0. The van der Waals surface area contributed by atoms with Gasteiger partial charge in [-0.15, -0.1) is 0 Å². The van der Waals surface area contributed by atoms with E-state index in [-0.39, 0.29) is 22.3 Å². The monoisotopic (exact) mass is 442 g/mol. The standard InChI is InChI=1S/C21H22N4O5S/c1-24(2)31(29,30)15-6-3-5-13(11-15)19(26)22-14-8-9-17-16(12-14)21(28)25-10-4-7-18(25)20(27)23-17/h3,5-6,8-9,11-12,18H,4,7,10H2,1-2H3,(H,22,26)(H,23,27)/t18-/m1/s1. The number of anilines is 2. The van der Waals surface area contributed by atoms with Crippen molar-refractivity contribution in [3.8, 4) is 0 Å². The fourth-order valence-corrected chi connectivity index (χ4v) is 4.72. The van der Waals surface area contributed by atoms with Gasteiger partial charge in [-0.05, 0) is 49.2 Å². The van der Waals surface area contributed by atoms with Crippen LogP contribution >= 0.6 is 0 Å². The number of fused-ring (bicyclic) bond motifs is 2. The third-order valence-corrected chi connectivity index (χ3v) is 7.27. The highest BCUT2D eigenvalue weighted by Gasteiger charge is 2.38. The van der Waals surface area contributed by atoms with Crippen molar-refractivity contribution in [3.63, 3.8) is 0 Å². The topological polar surface area (TPSA) is 116 Å². The summed E-state index contributed by atoms with van der Waals surface area (Å²) in [6.45, 7) is 0.514. The Morgan fingerprint density at radius 1 is 1.16 bits per heavy atom. The number of hydrogen-bond donors (Lipinski definition) is 2. The number of hydrogen-bond acceptors (Lipinski definition) is 5. The number of carbonyl (C=O) groups excluding carboxylic acids is 3. The molecule has 2 aliphatic heterocycles. The second kappa shape index (κ2) is 7.78. The van der Waals surface area contributed by atoms with E-state index in [9.17, 15) is 22.8 Å². The van der Waals surface area contributed by atoms with Gasteiger partial charge in [0.25, 0.3) is 11.8 Å². The lowest BCUT2D eigenvalue weighted by atomic mass is 10.1. The minimum Gasteiger partial charge on any atom is -0.327 e. The predicted molar refractivity (Wildman–Crippen MR) is 114 cm³/mol. The van der Waals surface area contributed by atoms with Gasteiger partial charge in [0.2, 0.25) is 15.9 Å². The van der Waals surface area contributed by atoms with Gasteiger partial charge in [-0.3, -0.25) is 14.4 Å². The SMILES string of the molecule is CN(C)S(=O)(=O)c1cccc(C(=O)Nc2ccc3c(c2)C(=O)N2CCC[C@@H]2C(=O)N3)c1. The van der Waals surface area contributed by atoms with Gasteiger partial charge in [-0.1, -0.05) is 6.07 Å². The van der Waals surface area contributed by atoms with Crippen molar-refractivity contribution in [3.05, 3.63) is 53.6 Å². The lowest BCUT2D eigenvalue weighted by Gasteiger charge is -2.20. The van der Waals surface area contributed by atoms with Crippen LogP contribution in [0.3, 0.4) is 0 Å². The highest BCUT2D eigenvalue weighted by molar-refractivity contribution is 7.89. The summed E-state index contributed by atoms with van der Waals surface area (Å²) in [5, 5.41) is 5.48. The molecule has 162 valence electrons. The summed E-state index contributed by atoms with van der Waals surface area (Å²) in [7, 11) is -0.850. The maximum atomic E-state index is 12.9. The number of amides is 3. The van der Waals surface area contributed by atoms with Crippen molar-refractivity contribution in [2.45, 2.75) is 23.8 Å². The Hall–Kier alpha value is -3.24. The van der Waals surface area contributed by atoms with Crippen molar-refractivity contribution in [1.29, 1.82) is 0 Å². The van der Waals surface area contributed by atoms with Crippen LogP contribution in [-0.2, 0) is 14.8 Å². The normalized spacial score (nSPS) is 18.3. The molecule has 2 aromatic carbocycles. The third kappa shape index (κ3) is 3.79. The van der Waals surface area contributed by atoms with Crippen LogP contribution in [0.2, 0.25) is 0 Å². The van der Waals surface area contributed by atoms with Crippen LogP contribution in [0.1, 0.15) is 33.6 Å². The van der Waals surface area contributed by atoms with E-state index in [4.69, 9.17) is 0 Å². The zero-order valence-electron chi connectivity index (χ0n) is 17.1. The van der Waals surface area contributed by atoms with Gasteiger partial charge in [0.1, 0.15) is 6.04 Å². The zero-order valence-corrected chi connectivity index (χ0v) is 17.9. The molecule has 2 aliphatic rings. The molecule has 31 heavy (non-hydrogen) atoms. The van der Waals surface area contributed by atoms with E-state index in [1.807, 2.05) is 0 Å². The van der Waals surface area contributed by atoms with Crippen molar-refractivity contribution >= 4 is 39.1 Å². The lowest BCUT2D eigenvalue weighted by Crippen LogP contribution is -2.40. The van der Waals surface area contributed by atoms with Crippen LogP contribution in [0.4, 0.5) is 11.4 Å². The Morgan fingerprint density at radius 2 is 1.94 bits per heavy atom. The van der Waals surface area contributed by atoms with Gasteiger partial charge < -0.3 is 15.5 Å². The molecule has 1 saturated heterocycles. The lowest BCUT2D eigenvalue weighted by molar-refractivity contribution is -0.119. The molecule has 0 spiro atoms. The molecule has 4 rings (SSSR count). The quantitative estimate of drug-likeness (QED) is 0.748. The minimum atomic E-state index is -3.68. The van der Waals surface area contributed by atoms with Crippen molar-refractivity contribution in [1.82, 2.24) is 9.21 Å². The molecular weight excluding hydrogens is 420 g/mol. The molecule has 0 bridgehead atoms. The third-order valence-electron chi connectivity index (χ3n) is 5.46. The first-order valence-corrected chi connectivity index (χ1v) is 11.2. The molecule has 0 aromatic heterocycles. The number of nitrogens with one attached hydrogen (secondary N) is 2. The first-order chi connectivity index (χ1) is 14.7. The highest BCUT2D eigenvalue weighted by atomic mass is 32.2. The summed E-state index contributed by atoms with van der Waals surface area (Å²) in [5.41, 5.74) is 1.24. The van der Waals surface area contributed by atoms with Crippen molar-refractivity contribution < 1.29 is 22.8 Å². The van der Waals surface area contributed by atoms with E-state index in [1.54, 1.807) is 17.0 Å². The molecular formula is C21H22N4O5S. The average Bonchev–Trinajstić information content (AvgIpc) is 3.21. The Bertz CT molecular complexity index is 1190. The smallest absolute Gasteiger partial charge is 0.256 e. The maximum Gasteiger partial charge on any atom is 0.256 e. The number of rotatable bonds is 4. The van der Waals surface area contributed by atoms with E-state index in [0.29, 0.717) is 29.9 Å². The largest absolute Gasteiger partial charge is 0.327 e. The molecule has 2 aromatic rings. The van der Waals surface area contributed by atoms with Crippen LogP contribution in [0.5, 0.6) is 0 Å². The maximum absolute atomic E-state index is 12.9. The average molecular weight is 442 g/mol. The molecule has 0 unspecified atom stereocenters. The predicted octanol–water partition coefficient (Wildman–Crippen LogP) is 1.75. The number of nitrogens with zero attached hydrogens (tertiary/aromatic N) is 2. The summed E-state index contributed by atoms with van der Waals surface area (Å²) < 4.78 is 25.7. The summed E-state index contributed by atoms with van der Waals surface area (Å²) in [6.07, 6.45) is 1.39. The summed E-state index contributed by atoms with van der Waals surface area (Å²) in [5.74, 6) is -0.980. The Balaban J connectivity index is 1.60. The molecule has 10 heteroatoms. The van der Waals surface area contributed by atoms with Gasteiger partial charge in [0.05, 0.1) is 16.1 Å². The zero-order chi connectivity index (χ0) is 22.3. The molecule has 0 saturated carbocycles.